The highest BCUT2D eigenvalue weighted by Gasteiger charge is 2.20. The normalized spacial score (nSPS) is 17.3. The number of hydrogen-bond acceptors (Lipinski definition) is 7. The number of aromatic amines is 1. The molecule has 0 aliphatic carbocycles. The Labute approximate surface area is 150 Å². The van der Waals surface area contributed by atoms with Gasteiger partial charge in [-0.25, -0.2) is 15.0 Å². The summed E-state index contributed by atoms with van der Waals surface area (Å²) in [7, 11) is 0. The molecule has 0 spiro atoms. The lowest BCUT2D eigenvalue weighted by atomic mass is 10.0. The van der Waals surface area contributed by atoms with Gasteiger partial charge >= 0.3 is 0 Å². The van der Waals surface area contributed by atoms with Crippen LogP contribution in [0, 0.1) is 0 Å². The summed E-state index contributed by atoms with van der Waals surface area (Å²) < 4.78 is 0. The number of nitrogens with zero attached hydrogens (tertiary/aromatic N) is 4. The van der Waals surface area contributed by atoms with E-state index >= 15 is 0 Å². The number of anilines is 1. The lowest BCUT2D eigenvalue weighted by Gasteiger charge is -2.20. The fourth-order valence-corrected chi connectivity index (χ4v) is 3.15. The van der Waals surface area contributed by atoms with Crippen LogP contribution in [0.4, 0.5) is 5.82 Å². The Kier molecular flexibility index (Phi) is 4.59. The molecule has 0 bridgehead atoms. The quantitative estimate of drug-likeness (QED) is 0.565. The molecule has 1 saturated heterocycles. The van der Waals surface area contributed by atoms with E-state index in [0.717, 1.165) is 29.9 Å². The molecule has 8 nitrogen and oxygen atoms in total. The molecule has 1 aromatic carbocycles. The third-order valence-corrected chi connectivity index (χ3v) is 4.56. The summed E-state index contributed by atoms with van der Waals surface area (Å²) in [6.07, 6.45) is 5.01. The highest BCUT2D eigenvalue weighted by molar-refractivity contribution is 5.69. The highest BCUT2D eigenvalue weighted by Crippen LogP contribution is 2.26. The fourth-order valence-electron chi connectivity index (χ4n) is 3.15. The number of piperidine rings is 1. The molecule has 1 aliphatic rings. The molecule has 1 atom stereocenters. The number of hydrogen-bond donors (Lipinski definition) is 4. The molecule has 1 aliphatic heterocycles. The minimum Gasteiger partial charge on any atom is -0.392 e. The molecule has 4 rings (SSSR count). The average molecular weight is 351 g/mol. The second kappa shape index (κ2) is 7.19. The van der Waals surface area contributed by atoms with E-state index < -0.39 is 0 Å². The molecule has 0 saturated carbocycles. The van der Waals surface area contributed by atoms with Crippen molar-refractivity contribution >= 4 is 5.82 Å². The van der Waals surface area contributed by atoms with Crippen LogP contribution in [0.5, 0.6) is 0 Å². The lowest BCUT2D eigenvalue weighted by Crippen LogP contribution is -2.27. The van der Waals surface area contributed by atoms with E-state index in [-0.39, 0.29) is 18.5 Å². The molecule has 0 radical (unpaired) electrons. The number of nitrogen functional groups attached to an aromatic ring is 1. The first-order valence-electron chi connectivity index (χ1n) is 8.73. The Morgan fingerprint density at radius 1 is 1.23 bits per heavy atom. The molecule has 1 unspecified atom stereocenters. The molecule has 2 aromatic heterocycles. The van der Waals surface area contributed by atoms with E-state index in [4.69, 9.17) is 5.73 Å². The number of nitrogens with one attached hydrogen (secondary N) is 2. The summed E-state index contributed by atoms with van der Waals surface area (Å²) in [6, 6.07) is 7.70. The summed E-state index contributed by atoms with van der Waals surface area (Å²) in [6.45, 7) is 0.959. The van der Waals surface area contributed by atoms with Crippen molar-refractivity contribution in [1.82, 2.24) is 30.5 Å². The van der Waals surface area contributed by atoms with Crippen LogP contribution >= 0.6 is 0 Å². The van der Waals surface area contributed by atoms with Crippen LogP contribution in [0.2, 0.25) is 0 Å². The largest absolute Gasteiger partial charge is 0.392 e. The fraction of sp³-hybridized carbons (Fsp3) is 0.333. The maximum absolute atomic E-state index is 9.33. The van der Waals surface area contributed by atoms with Crippen LogP contribution in [0.25, 0.3) is 22.8 Å². The van der Waals surface area contributed by atoms with Crippen molar-refractivity contribution in [2.75, 3.05) is 12.3 Å². The number of benzene rings is 1. The van der Waals surface area contributed by atoms with Crippen LogP contribution in [-0.2, 0) is 6.61 Å². The van der Waals surface area contributed by atoms with E-state index in [0.29, 0.717) is 17.2 Å². The average Bonchev–Trinajstić information content (AvgIpc) is 3.19. The summed E-state index contributed by atoms with van der Waals surface area (Å²) in [5.41, 5.74) is 8.80. The summed E-state index contributed by atoms with van der Waals surface area (Å²) >= 11 is 0. The van der Waals surface area contributed by atoms with Crippen LogP contribution < -0.4 is 11.1 Å². The van der Waals surface area contributed by atoms with E-state index in [1.54, 1.807) is 6.20 Å². The van der Waals surface area contributed by atoms with E-state index in [9.17, 15) is 5.11 Å². The summed E-state index contributed by atoms with van der Waals surface area (Å²) in [4.78, 5) is 13.4. The van der Waals surface area contributed by atoms with Gasteiger partial charge in [-0.2, -0.15) is 5.10 Å². The number of aromatic nitrogens is 5. The van der Waals surface area contributed by atoms with Crippen LogP contribution in [-0.4, -0.2) is 36.8 Å². The standard InChI is InChI=1S/C18H21N7O/c19-16-15(18-23-17(24-25-18)13-6-1-2-7-20-13)22-14(9-21-16)12-5-3-4-11(8-12)10-26/h3-5,8-9,13,20,26H,1-2,6-7,10H2,(H2,19,21)(H,23,24,25). The number of nitrogens with two attached hydrogens (primary N) is 1. The third kappa shape index (κ3) is 3.29. The highest BCUT2D eigenvalue weighted by atomic mass is 16.3. The Balaban J connectivity index is 1.67. The van der Waals surface area contributed by atoms with Crippen LogP contribution in [0.15, 0.2) is 30.5 Å². The Morgan fingerprint density at radius 3 is 2.96 bits per heavy atom. The van der Waals surface area contributed by atoms with Crippen LogP contribution in [0.3, 0.4) is 0 Å². The second-order valence-corrected chi connectivity index (χ2v) is 6.39. The predicted molar refractivity (Wildman–Crippen MR) is 97.8 cm³/mol. The predicted octanol–water partition coefficient (Wildman–Crippen LogP) is 1.82. The van der Waals surface area contributed by atoms with E-state index in [2.05, 4.69) is 30.5 Å². The number of rotatable bonds is 4. The van der Waals surface area contributed by atoms with Crippen molar-refractivity contribution < 1.29 is 5.11 Å². The third-order valence-electron chi connectivity index (χ3n) is 4.56. The van der Waals surface area contributed by atoms with Crippen molar-refractivity contribution in [2.45, 2.75) is 31.9 Å². The van der Waals surface area contributed by atoms with Gasteiger partial charge in [0.1, 0.15) is 5.82 Å². The first kappa shape index (κ1) is 16.6. The smallest absolute Gasteiger partial charge is 0.203 e. The van der Waals surface area contributed by atoms with Gasteiger partial charge in [0.25, 0.3) is 0 Å². The van der Waals surface area contributed by atoms with Crippen molar-refractivity contribution in [3.63, 3.8) is 0 Å². The zero-order valence-electron chi connectivity index (χ0n) is 14.3. The summed E-state index contributed by atoms with van der Waals surface area (Å²) in [5, 5.41) is 20.1. The zero-order valence-corrected chi connectivity index (χ0v) is 14.3. The molecular weight excluding hydrogens is 330 g/mol. The van der Waals surface area contributed by atoms with Gasteiger partial charge in [0, 0.05) is 5.56 Å². The molecular formula is C18H21N7O. The SMILES string of the molecule is Nc1ncc(-c2cccc(CO)c2)nc1-c1n[nH]c(C2CCCCN2)n1. The van der Waals surface area contributed by atoms with Crippen molar-refractivity contribution in [3.8, 4) is 22.8 Å². The second-order valence-electron chi connectivity index (χ2n) is 6.39. The van der Waals surface area contributed by atoms with E-state index in [1.165, 1.54) is 12.8 Å². The maximum Gasteiger partial charge on any atom is 0.203 e. The number of aliphatic hydroxyl groups is 1. The molecule has 8 heteroatoms. The Morgan fingerprint density at radius 2 is 2.15 bits per heavy atom. The molecule has 5 N–H and O–H groups in total. The van der Waals surface area contributed by atoms with Gasteiger partial charge in [-0.15, -0.1) is 0 Å². The van der Waals surface area contributed by atoms with Gasteiger partial charge in [-0.1, -0.05) is 24.6 Å². The van der Waals surface area contributed by atoms with Gasteiger partial charge in [-0.05, 0) is 31.0 Å². The van der Waals surface area contributed by atoms with E-state index in [1.807, 2.05) is 24.3 Å². The molecule has 3 aromatic rings. The number of H-pyrrole nitrogens is 1. The van der Waals surface area contributed by atoms with Crippen LogP contribution in [0.1, 0.15) is 36.7 Å². The zero-order chi connectivity index (χ0) is 17.9. The minimum atomic E-state index is -0.0260. The molecule has 26 heavy (non-hydrogen) atoms. The molecule has 1 fully saturated rings. The molecule has 0 amide bonds. The maximum atomic E-state index is 9.33. The first-order chi connectivity index (χ1) is 12.7. The first-order valence-corrected chi connectivity index (χ1v) is 8.73. The Bertz CT molecular complexity index is 902. The van der Waals surface area contributed by atoms with Gasteiger partial charge < -0.3 is 16.2 Å². The topological polar surface area (TPSA) is 126 Å². The monoisotopic (exact) mass is 351 g/mol. The summed E-state index contributed by atoms with van der Waals surface area (Å²) in [5.74, 6) is 1.53. The lowest BCUT2D eigenvalue weighted by molar-refractivity contribution is 0.282. The van der Waals surface area contributed by atoms with Gasteiger partial charge in [0.2, 0.25) is 5.82 Å². The Hall–Kier alpha value is -2.84. The van der Waals surface area contributed by atoms with Crippen molar-refractivity contribution in [1.29, 1.82) is 0 Å². The molecule has 134 valence electrons. The van der Waals surface area contributed by atoms with Gasteiger partial charge in [-0.3, -0.25) is 5.10 Å². The van der Waals surface area contributed by atoms with Gasteiger partial charge in [0.05, 0.1) is 24.5 Å². The number of aliphatic hydroxyl groups excluding tert-OH is 1. The molecule has 3 heterocycles. The van der Waals surface area contributed by atoms with Crippen molar-refractivity contribution in [2.24, 2.45) is 0 Å². The van der Waals surface area contributed by atoms with Crippen molar-refractivity contribution in [3.05, 3.63) is 41.9 Å². The minimum absolute atomic E-state index is 0.0260. The van der Waals surface area contributed by atoms with Gasteiger partial charge in [0.15, 0.2) is 11.5 Å².